The van der Waals surface area contributed by atoms with Gasteiger partial charge in [-0.05, 0) is 37.5 Å². The molecule has 1 saturated heterocycles. The van der Waals surface area contributed by atoms with Gasteiger partial charge in [0.2, 0.25) is 0 Å². The number of aromatic nitrogens is 5. The van der Waals surface area contributed by atoms with Crippen molar-refractivity contribution in [2.75, 3.05) is 20.8 Å². The Bertz CT molecular complexity index is 1380. The van der Waals surface area contributed by atoms with E-state index in [1.807, 2.05) is 36.1 Å². The first kappa shape index (κ1) is 23.7. The van der Waals surface area contributed by atoms with Crippen LogP contribution < -0.4 is 9.47 Å². The van der Waals surface area contributed by atoms with Crippen molar-refractivity contribution in [2.45, 2.75) is 25.5 Å². The summed E-state index contributed by atoms with van der Waals surface area (Å²) in [7, 11) is 4.98. The lowest BCUT2D eigenvalue weighted by Gasteiger charge is -2.23. The van der Waals surface area contributed by atoms with Crippen LogP contribution >= 0.6 is 23.2 Å². The molecule has 0 amide bonds. The van der Waals surface area contributed by atoms with Gasteiger partial charge in [-0.15, -0.1) is 0 Å². The molecule has 35 heavy (non-hydrogen) atoms. The van der Waals surface area contributed by atoms with Gasteiger partial charge < -0.3 is 14.2 Å². The van der Waals surface area contributed by atoms with Crippen LogP contribution in [0.2, 0.25) is 10.0 Å². The number of fused-ring (bicyclic) bond motifs is 1. The molecule has 1 unspecified atom stereocenters. The molecule has 0 spiro atoms. The summed E-state index contributed by atoms with van der Waals surface area (Å²) in [6, 6.07) is 3.60. The molecule has 1 atom stereocenters. The van der Waals surface area contributed by atoms with Crippen molar-refractivity contribution in [3.8, 4) is 22.8 Å². The Balaban J connectivity index is 1.67. The molecule has 0 saturated carbocycles. The molecule has 1 aliphatic heterocycles. The van der Waals surface area contributed by atoms with E-state index < -0.39 is 0 Å². The zero-order valence-electron chi connectivity index (χ0n) is 19.7. The van der Waals surface area contributed by atoms with E-state index in [4.69, 9.17) is 47.5 Å². The predicted octanol–water partition coefficient (Wildman–Crippen LogP) is 6.03. The average Bonchev–Trinajstić information content (AvgIpc) is 3.46. The van der Waals surface area contributed by atoms with Crippen molar-refractivity contribution in [1.29, 1.82) is 0 Å². The maximum Gasteiger partial charge on any atom is 0.150 e. The molecule has 4 heterocycles. The Kier molecular flexibility index (Phi) is 6.69. The van der Waals surface area contributed by atoms with Crippen molar-refractivity contribution >= 4 is 46.3 Å². The van der Waals surface area contributed by atoms with Crippen LogP contribution in [0.15, 0.2) is 30.7 Å². The molecule has 10 heteroatoms. The molecule has 5 rings (SSSR count). The zero-order chi connectivity index (χ0) is 24.5. The standard InChI is InChI=1S/C25H25Cl2N5O3/c1-31-14-15(12-29-31)7-8-17-16-13-28-18(10-19(16)32(30-17)22-6-4-5-9-35-22)23-24(26)20(33-2)11-21(34-3)25(23)27/h7-8,10-14,22H,4-6,9H2,1-3H3. The summed E-state index contributed by atoms with van der Waals surface area (Å²) in [4.78, 5) is 4.70. The maximum absolute atomic E-state index is 6.67. The van der Waals surface area contributed by atoms with Gasteiger partial charge in [0.05, 0.1) is 47.4 Å². The Morgan fingerprint density at radius 3 is 2.46 bits per heavy atom. The van der Waals surface area contributed by atoms with Crippen LogP contribution in [0.3, 0.4) is 0 Å². The number of rotatable bonds is 6. The van der Waals surface area contributed by atoms with E-state index in [9.17, 15) is 0 Å². The molecule has 0 aliphatic carbocycles. The average molecular weight is 514 g/mol. The molecular formula is C25H25Cl2N5O3. The highest BCUT2D eigenvalue weighted by Gasteiger charge is 2.24. The summed E-state index contributed by atoms with van der Waals surface area (Å²) in [5.41, 5.74) is 3.77. The predicted molar refractivity (Wildman–Crippen MR) is 137 cm³/mol. The van der Waals surface area contributed by atoms with Crippen molar-refractivity contribution in [1.82, 2.24) is 24.5 Å². The van der Waals surface area contributed by atoms with Gasteiger partial charge in [-0.3, -0.25) is 9.67 Å². The summed E-state index contributed by atoms with van der Waals surface area (Å²) in [6.45, 7) is 0.704. The summed E-state index contributed by atoms with van der Waals surface area (Å²) in [5, 5.41) is 10.7. The van der Waals surface area contributed by atoms with E-state index >= 15 is 0 Å². The van der Waals surface area contributed by atoms with Gasteiger partial charge in [-0.2, -0.15) is 10.2 Å². The van der Waals surface area contributed by atoms with E-state index in [1.54, 1.807) is 37.4 Å². The number of hydrogen-bond acceptors (Lipinski definition) is 6. The number of ether oxygens (including phenoxy) is 3. The summed E-state index contributed by atoms with van der Waals surface area (Å²) in [5.74, 6) is 0.906. The quantitative estimate of drug-likeness (QED) is 0.313. The van der Waals surface area contributed by atoms with E-state index in [0.717, 1.165) is 41.4 Å². The minimum Gasteiger partial charge on any atom is -0.495 e. The molecule has 3 aromatic heterocycles. The van der Waals surface area contributed by atoms with Crippen LogP contribution in [0.5, 0.6) is 11.5 Å². The molecule has 0 N–H and O–H groups in total. The third-order valence-electron chi connectivity index (χ3n) is 6.04. The fourth-order valence-electron chi connectivity index (χ4n) is 4.26. The van der Waals surface area contributed by atoms with Crippen LogP contribution in [0.4, 0.5) is 0 Å². The fourth-order valence-corrected chi connectivity index (χ4v) is 4.96. The first-order chi connectivity index (χ1) is 17.0. The number of pyridine rings is 1. The van der Waals surface area contributed by atoms with Crippen LogP contribution in [0.1, 0.15) is 36.7 Å². The van der Waals surface area contributed by atoms with Gasteiger partial charge in [0.1, 0.15) is 11.5 Å². The highest BCUT2D eigenvalue weighted by molar-refractivity contribution is 6.41. The topological polar surface area (TPSA) is 76.2 Å². The lowest BCUT2D eigenvalue weighted by Crippen LogP contribution is -2.19. The number of aryl methyl sites for hydroxylation is 1. The van der Waals surface area contributed by atoms with E-state index in [-0.39, 0.29) is 6.23 Å². The molecule has 0 bridgehead atoms. The fraction of sp³-hybridized carbons (Fsp3) is 0.320. The van der Waals surface area contributed by atoms with Gasteiger partial charge in [0, 0.05) is 48.6 Å². The van der Waals surface area contributed by atoms with Crippen molar-refractivity contribution in [2.24, 2.45) is 7.05 Å². The molecule has 1 fully saturated rings. The molecule has 4 aromatic rings. The Labute approximate surface area is 213 Å². The number of hydrogen-bond donors (Lipinski definition) is 0. The second-order valence-corrected chi connectivity index (χ2v) is 9.06. The minimum absolute atomic E-state index is 0.159. The molecule has 1 aromatic carbocycles. The van der Waals surface area contributed by atoms with E-state index in [1.165, 1.54) is 0 Å². The van der Waals surface area contributed by atoms with Gasteiger partial charge in [-0.25, -0.2) is 4.68 Å². The number of benzene rings is 1. The Morgan fingerprint density at radius 2 is 1.83 bits per heavy atom. The molecule has 8 nitrogen and oxygen atoms in total. The van der Waals surface area contributed by atoms with Crippen LogP contribution in [0, 0.1) is 0 Å². The largest absolute Gasteiger partial charge is 0.495 e. The minimum atomic E-state index is -0.159. The second-order valence-electron chi connectivity index (χ2n) is 8.30. The Hall–Kier alpha value is -3.07. The van der Waals surface area contributed by atoms with Gasteiger partial charge >= 0.3 is 0 Å². The highest BCUT2D eigenvalue weighted by atomic mass is 35.5. The van der Waals surface area contributed by atoms with Crippen LogP contribution in [0.25, 0.3) is 34.3 Å². The monoisotopic (exact) mass is 513 g/mol. The number of methoxy groups -OCH3 is 2. The third-order valence-corrected chi connectivity index (χ3v) is 6.79. The lowest BCUT2D eigenvalue weighted by molar-refractivity contribution is -0.0367. The summed E-state index contributed by atoms with van der Waals surface area (Å²) in [6.07, 6.45) is 12.3. The SMILES string of the molecule is COc1cc(OC)c(Cl)c(-c2cc3c(cn2)c(C=Cc2cnn(C)c2)nn3C2CCCCO2)c1Cl. The third kappa shape index (κ3) is 4.49. The molecule has 182 valence electrons. The first-order valence-electron chi connectivity index (χ1n) is 11.3. The molecule has 1 aliphatic rings. The van der Waals surface area contributed by atoms with Crippen molar-refractivity contribution in [3.63, 3.8) is 0 Å². The lowest BCUT2D eigenvalue weighted by atomic mass is 10.1. The van der Waals surface area contributed by atoms with Gasteiger partial charge in [-0.1, -0.05) is 23.2 Å². The smallest absolute Gasteiger partial charge is 0.150 e. The molecule has 0 radical (unpaired) electrons. The second kappa shape index (κ2) is 9.89. The summed E-state index contributed by atoms with van der Waals surface area (Å²) < 4.78 is 20.6. The van der Waals surface area contributed by atoms with Gasteiger partial charge in [0.25, 0.3) is 0 Å². The normalized spacial score (nSPS) is 16.3. The number of nitrogens with zero attached hydrogens (tertiary/aromatic N) is 5. The van der Waals surface area contributed by atoms with E-state index in [2.05, 4.69) is 5.10 Å². The van der Waals surface area contributed by atoms with Crippen LogP contribution in [-0.2, 0) is 11.8 Å². The molecular weight excluding hydrogens is 489 g/mol. The number of halogens is 2. The van der Waals surface area contributed by atoms with Crippen molar-refractivity contribution < 1.29 is 14.2 Å². The highest BCUT2D eigenvalue weighted by Crippen LogP contribution is 2.46. The summed E-state index contributed by atoms with van der Waals surface area (Å²) >= 11 is 13.3. The van der Waals surface area contributed by atoms with E-state index in [0.29, 0.717) is 39.4 Å². The Morgan fingerprint density at radius 1 is 1.06 bits per heavy atom. The van der Waals surface area contributed by atoms with Crippen LogP contribution in [-0.4, -0.2) is 45.4 Å². The maximum atomic E-state index is 6.67. The van der Waals surface area contributed by atoms with Gasteiger partial charge in [0.15, 0.2) is 6.23 Å². The first-order valence-corrected chi connectivity index (χ1v) is 12.0. The zero-order valence-corrected chi connectivity index (χ0v) is 21.2. The van der Waals surface area contributed by atoms with Crippen molar-refractivity contribution in [3.05, 3.63) is 52.0 Å².